The first-order valence-corrected chi connectivity index (χ1v) is 6.22. The second kappa shape index (κ2) is 6.33. The number of nitro benzene ring substituents is 1. The molecule has 1 unspecified atom stereocenters. The minimum absolute atomic E-state index is 0.00829. The third-order valence-electron chi connectivity index (χ3n) is 2.94. The molecule has 5 heteroatoms. The van der Waals surface area contributed by atoms with Gasteiger partial charge in [-0.15, -0.1) is 6.58 Å². The molecule has 0 amide bonds. The monoisotopic (exact) mass is 264 g/mol. The fraction of sp³-hybridized carbons (Fsp3) is 0.429. The van der Waals surface area contributed by atoms with Crippen molar-refractivity contribution in [2.45, 2.75) is 32.9 Å². The molecule has 1 aromatic carbocycles. The predicted molar refractivity (Wildman–Crippen MR) is 76.4 cm³/mol. The molecule has 5 nitrogen and oxygen atoms in total. The summed E-state index contributed by atoms with van der Waals surface area (Å²) in [6, 6.07) is 4.95. The van der Waals surface area contributed by atoms with Crippen LogP contribution in [0.15, 0.2) is 30.9 Å². The summed E-state index contributed by atoms with van der Waals surface area (Å²) in [7, 11) is 0. The molecule has 0 fully saturated rings. The average Bonchev–Trinajstić information content (AvgIpc) is 2.34. The third-order valence-corrected chi connectivity index (χ3v) is 2.94. The molecule has 1 aromatic rings. The molecule has 1 atom stereocenters. The third kappa shape index (κ3) is 3.54. The zero-order valence-electron chi connectivity index (χ0n) is 11.5. The van der Waals surface area contributed by atoms with Crippen molar-refractivity contribution in [3.8, 4) is 0 Å². The van der Waals surface area contributed by atoms with Crippen LogP contribution < -0.4 is 4.90 Å². The zero-order valence-corrected chi connectivity index (χ0v) is 11.5. The Labute approximate surface area is 113 Å². The van der Waals surface area contributed by atoms with E-state index < -0.39 is 11.0 Å². The summed E-state index contributed by atoms with van der Waals surface area (Å²) in [5, 5.41) is 20.7. The maximum absolute atomic E-state index is 11.2. The lowest BCUT2D eigenvalue weighted by atomic mass is 10.1. The zero-order chi connectivity index (χ0) is 14.6. The molecule has 19 heavy (non-hydrogen) atoms. The van der Waals surface area contributed by atoms with E-state index in [4.69, 9.17) is 0 Å². The molecule has 0 spiro atoms. The summed E-state index contributed by atoms with van der Waals surface area (Å²) < 4.78 is 0. The largest absolute Gasteiger partial charge is 0.389 e. The smallest absolute Gasteiger partial charge is 0.292 e. The first-order chi connectivity index (χ1) is 8.88. The van der Waals surface area contributed by atoms with E-state index in [0.717, 1.165) is 0 Å². The highest BCUT2D eigenvalue weighted by atomic mass is 16.6. The van der Waals surface area contributed by atoms with Gasteiger partial charge in [0.1, 0.15) is 5.69 Å². The van der Waals surface area contributed by atoms with Crippen LogP contribution in [-0.4, -0.2) is 22.6 Å². The molecule has 0 aliphatic rings. The van der Waals surface area contributed by atoms with Crippen molar-refractivity contribution in [2.24, 2.45) is 0 Å². The number of aliphatic hydroxyl groups is 1. The normalized spacial score (nSPS) is 12.3. The van der Waals surface area contributed by atoms with Crippen molar-refractivity contribution < 1.29 is 10.0 Å². The number of aliphatic hydroxyl groups excluding tert-OH is 1. The SMILES string of the molecule is C=CCN(c1ccc(C(C)O)cc1[N+](=O)[O-])C(C)C. The van der Waals surface area contributed by atoms with Gasteiger partial charge in [0.25, 0.3) is 5.69 Å². The lowest BCUT2D eigenvalue weighted by Crippen LogP contribution is -2.31. The van der Waals surface area contributed by atoms with Gasteiger partial charge in [-0.2, -0.15) is 0 Å². The first-order valence-electron chi connectivity index (χ1n) is 6.22. The molecule has 0 saturated heterocycles. The Morgan fingerprint density at radius 3 is 2.53 bits per heavy atom. The fourth-order valence-corrected chi connectivity index (χ4v) is 1.92. The van der Waals surface area contributed by atoms with Crippen LogP contribution in [0, 0.1) is 10.1 Å². The van der Waals surface area contributed by atoms with E-state index in [-0.39, 0.29) is 11.7 Å². The number of benzene rings is 1. The number of hydrogen-bond donors (Lipinski definition) is 1. The van der Waals surface area contributed by atoms with Gasteiger partial charge in [-0.05, 0) is 32.4 Å². The van der Waals surface area contributed by atoms with Crippen LogP contribution in [0.4, 0.5) is 11.4 Å². The summed E-state index contributed by atoms with van der Waals surface area (Å²) in [6.45, 7) is 9.73. The Kier molecular flexibility index (Phi) is 5.06. The van der Waals surface area contributed by atoms with E-state index in [1.54, 1.807) is 25.1 Å². The number of nitro groups is 1. The van der Waals surface area contributed by atoms with Crippen LogP contribution in [0.3, 0.4) is 0 Å². The molecule has 1 N–H and O–H groups in total. The van der Waals surface area contributed by atoms with Crippen molar-refractivity contribution in [2.75, 3.05) is 11.4 Å². The highest BCUT2D eigenvalue weighted by Crippen LogP contribution is 2.32. The summed E-state index contributed by atoms with van der Waals surface area (Å²) in [6.07, 6.45) is 0.992. The molecule has 0 heterocycles. The second-order valence-corrected chi connectivity index (χ2v) is 4.72. The van der Waals surface area contributed by atoms with Crippen molar-refractivity contribution in [3.05, 3.63) is 46.5 Å². The molecular weight excluding hydrogens is 244 g/mol. The summed E-state index contributed by atoms with van der Waals surface area (Å²) in [5.41, 5.74) is 1.09. The summed E-state index contributed by atoms with van der Waals surface area (Å²) in [4.78, 5) is 12.7. The van der Waals surface area contributed by atoms with Gasteiger partial charge < -0.3 is 10.0 Å². The van der Waals surface area contributed by atoms with E-state index in [0.29, 0.717) is 17.8 Å². The van der Waals surface area contributed by atoms with Crippen LogP contribution in [0.25, 0.3) is 0 Å². The lowest BCUT2D eigenvalue weighted by Gasteiger charge is -2.27. The van der Waals surface area contributed by atoms with Crippen LogP contribution in [0.2, 0.25) is 0 Å². The predicted octanol–water partition coefficient (Wildman–Crippen LogP) is 3.05. The number of nitrogens with zero attached hydrogens (tertiary/aromatic N) is 2. The molecule has 0 aromatic heterocycles. The van der Waals surface area contributed by atoms with Gasteiger partial charge in [0, 0.05) is 18.7 Å². The van der Waals surface area contributed by atoms with E-state index >= 15 is 0 Å². The van der Waals surface area contributed by atoms with E-state index in [1.165, 1.54) is 6.07 Å². The Morgan fingerprint density at radius 1 is 1.47 bits per heavy atom. The van der Waals surface area contributed by atoms with Gasteiger partial charge in [0.15, 0.2) is 0 Å². The Hall–Kier alpha value is -1.88. The van der Waals surface area contributed by atoms with Gasteiger partial charge in [0.2, 0.25) is 0 Å². The number of hydrogen-bond acceptors (Lipinski definition) is 4. The van der Waals surface area contributed by atoms with Crippen molar-refractivity contribution in [1.29, 1.82) is 0 Å². The van der Waals surface area contributed by atoms with E-state index in [2.05, 4.69) is 6.58 Å². The maximum atomic E-state index is 11.2. The number of rotatable bonds is 6. The lowest BCUT2D eigenvalue weighted by molar-refractivity contribution is -0.384. The Morgan fingerprint density at radius 2 is 2.11 bits per heavy atom. The van der Waals surface area contributed by atoms with E-state index in [1.807, 2.05) is 18.7 Å². The first kappa shape index (κ1) is 15.2. The van der Waals surface area contributed by atoms with Gasteiger partial charge in [-0.3, -0.25) is 10.1 Å². The van der Waals surface area contributed by atoms with Crippen LogP contribution in [-0.2, 0) is 0 Å². The maximum Gasteiger partial charge on any atom is 0.292 e. The molecular formula is C14H20N2O3. The second-order valence-electron chi connectivity index (χ2n) is 4.72. The van der Waals surface area contributed by atoms with Gasteiger partial charge >= 0.3 is 0 Å². The van der Waals surface area contributed by atoms with E-state index in [9.17, 15) is 15.2 Å². The van der Waals surface area contributed by atoms with Crippen molar-refractivity contribution in [1.82, 2.24) is 0 Å². The molecule has 1 rings (SSSR count). The summed E-state index contributed by atoms with van der Waals surface area (Å²) in [5.74, 6) is 0. The summed E-state index contributed by atoms with van der Waals surface area (Å²) >= 11 is 0. The quantitative estimate of drug-likeness (QED) is 0.487. The van der Waals surface area contributed by atoms with Crippen LogP contribution in [0.1, 0.15) is 32.4 Å². The van der Waals surface area contributed by atoms with Crippen molar-refractivity contribution >= 4 is 11.4 Å². The standard InChI is InChI=1S/C14H20N2O3/c1-5-8-15(10(2)3)13-7-6-12(11(4)17)9-14(13)16(18)19/h5-7,9-11,17H,1,8H2,2-4H3. The highest BCUT2D eigenvalue weighted by Gasteiger charge is 2.22. The average molecular weight is 264 g/mol. The van der Waals surface area contributed by atoms with Gasteiger partial charge in [-0.25, -0.2) is 0 Å². The topological polar surface area (TPSA) is 66.6 Å². The Balaban J connectivity index is 3.32. The van der Waals surface area contributed by atoms with Crippen molar-refractivity contribution in [3.63, 3.8) is 0 Å². The fourth-order valence-electron chi connectivity index (χ4n) is 1.92. The minimum Gasteiger partial charge on any atom is -0.389 e. The molecule has 0 saturated carbocycles. The van der Waals surface area contributed by atoms with Gasteiger partial charge in [-0.1, -0.05) is 12.1 Å². The molecule has 104 valence electrons. The Bertz CT molecular complexity index is 470. The van der Waals surface area contributed by atoms with Gasteiger partial charge in [0.05, 0.1) is 11.0 Å². The number of anilines is 1. The molecule has 0 aliphatic heterocycles. The van der Waals surface area contributed by atoms with Crippen LogP contribution in [0.5, 0.6) is 0 Å². The molecule has 0 aliphatic carbocycles. The molecule has 0 radical (unpaired) electrons. The highest BCUT2D eigenvalue weighted by molar-refractivity contribution is 5.65. The molecule has 0 bridgehead atoms. The minimum atomic E-state index is -0.723. The van der Waals surface area contributed by atoms with Crippen LogP contribution >= 0.6 is 0 Å².